The van der Waals surface area contributed by atoms with Crippen molar-refractivity contribution in [3.05, 3.63) is 35.7 Å². The monoisotopic (exact) mass is 271 g/mol. The molecule has 1 heterocycles. The van der Waals surface area contributed by atoms with Gasteiger partial charge in [-0.25, -0.2) is 0 Å². The van der Waals surface area contributed by atoms with Crippen LogP contribution >= 0.6 is 0 Å². The third kappa shape index (κ3) is 3.31. The number of rotatable bonds is 3. The number of nitrogens with zero attached hydrogens (tertiary/aromatic N) is 2. The second-order valence-electron chi connectivity index (χ2n) is 4.27. The number of hydrogen-bond acceptors (Lipinski definition) is 4. The fourth-order valence-corrected chi connectivity index (χ4v) is 1.54. The Morgan fingerprint density at radius 3 is 2.42 bits per heavy atom. The van der Waals surface area contributed by atoms with Crippen molar-refractivity contribution in [1.82, 2.24) is 10.1 Å². The predicted molar refractivity (Wildman–Crippen MR) is 62.1 cm³/mol. The van der Waals surface area contributed by atoms with Gasteiger partial charge in [0.05, 0.1) is 5.56 Å². The first-order valence-electron chi connectivity index (χ1n) is 5.62. The summed E-state index contributed by atoms with van der Waals surface area (Å²) < 4.78 is 42.2. The van der Waals surface area contributed by atoms with Crippen molar-refractivity contribution < 1.29 is 17.7 Å². The van der Waals surface area contributed by atoms with E-state index in [9.17, 15) is 13.2 Å². The normalized spacial score (nSPS) is 13.5. The van der Waals surface area contributed by atoms with Crippen LogP contribution in [0.2, 0.25) is 0 Å². The van der Waals surface area contributed by atoms with Gasteiger partial charge in [0.2, 0.25) is 0 Å². The molecule has 2 rings (SSSR count). The average molecular weight is 271 g/mol. The Morgan fingerprint density at radius 1 is 1.26 bits per heavy atom. The molecule has 2 N–H and O–H groups in total. The lowest BCUT2D eigenvalue weighted by Gasteiger charge is -2.05. The van der Waals surface area contributed by atoms with Crippen LogP contribution in [0, 0.1) is 0 Å². The second-order valence-corrected chi connectivity index (χ2v) is 4.27. The molecule has 7 heteroatoms. The van der Waals surface area contributed by atoms with E-state index >= 15 is 0 Å². The molecule has 102 valence electrons. The molecule has 1 unspecified atom stereocenters. The number of hydrogen-bond donors (Lipinski definition) is 1. The lowest BCUT2D eigenvalue weighted by atomic mass is 10.1. The fourth-order valence-electron chi connectivity index (χ4n) is 1.54. The Bertz CT molecular complexity index is 546. The zero-order valence-electron chi connectivity index (χ0n) is 10.1. The first-order chi connectivity index (χ1) is 8.86. The number of halogens is 3. The maximum absolute atomic E-state index is 12.4. The van der Waals surface area contributed by atoms with Crippen molar-refractivity contribution in [2.24, 2.45) is 5.73 Å². The highest BCUT2D eigenvalue weighted by Crippen LogP contribution is 2.30. The standard InChI is InChI=1S/C12H12F3N3O/c1-7(16)6-10-17-11(19-18-10)8-2-4-9(5-3-8)12(13,14)15/h2-5,7H,6,16H2,1H3. The lowest BCUT2D eigenvalue weighted by molar-refractivity contribution is -0.137. The van der Waals surface area contributed by atoms with E-state index in [1.54, 1.807) is 6.92 Å². The second kappa shape index (κ2) is 5.00. The van der Waals surface area contributed by atoms with Crippen molar-refractivity contribution in [3.63, 3.8) is 0 Å². The molecule has 0 saturated carbocycles. The molecule has 0 fully saturated rings. The van der Waals surface area contributed by atoms with Gasteiger partial charge in [0.15, 0.2) is 5.82 Å². The largest absolute Gasteiger partial charge is 0.416 e. The van der Waals surface area contributed by atoms with Gasteiger partial charge in [-0.2, -0.15) is 18.2 Å². The minimum atomic E-state index is -4.35. The molecule has 1 aromatic carbocycles. The molecular formula is C12H12F3N3O. The molecule has 1 atom stereocenters. The van der Waals surface area contributed by atoms with E-state index in [0.717, 1.165) is 12.1 Å². The summed E-state index contributed by atoms with van der Waals surface area (Å²) in [5, 5.41) is 3.72. The SMILES string of the molecule is CC(N)Cc1noc(-c2ccc(C(F)(F)F)cc2)n1. The molecule has 4 nitrogen and oxygen atoms in total. The zero-order valence-corrected chi connectivity index (χ0v) is 10.1. The first-order valence-corrected chi connectivity index (χ1v) is 5.62. The van der Waals surface area contributed by atoms with Crippen LogP contribution in [0.1, 0.15) is 18.3 Å². The molecule has 0 saturated heterocycles. The Balaban J connectivity index is 2.20. The van der Waals surface area contributed by atoms with Crippen molar-refractivity contribution >= 4 is 0 Å². The molecule has 0 amide bonds. The Morgan fingerprint density at radius 2 is 1.89 bits per heavy atom. The minimum absolute atomic E-state index is 0.113. The fraction of sp³-hybridized carbons (Fsp3) is 0.333. The van der Waals surface area contributed by atoms with Crippen LogP contribution in [0.4, 0.5) is 13.2 Å². The molecule has 0 aliphatic heterocycles. The van der Waals surface area contributed by atoms with Crippen molar-refractivity contribution in [1.29, 1.82) is 0 Å². The number of aromatic nitrogens is 2. The molecule has 2 aromatic rings. The third-order valence-electron chi connectivity index (χ3n) is 2.43. The van der Waals surface area contributed by atoms with E-state index in [1.807, 2.05) is 0 Å². The topological polar surface area (TPSA) is 64.9 Å². The van der Waals surface area contributed by atoms with Crippen LogP contribution < -0.4 is 5.73 Å². The van der Waals surface area contributed by atoms with Crippen LogP contribution in [0.15, 0.2) is 28.8 Å². The summed E-state index contributed by atoms with van der Waals surface area (Å²) in [5.41, 5.74) is 5.32. The van der Waals surface area contributed by atoms with E-state index in [2.05, 4.69) is 10.1 Å². The molecule has 0 aliphatic rings. The van der Waals surface area contributed by atoms with Crippen LogP contribution in [-0.2, 0) is 12.6 Å². The van der Waals surface area contributed by atoms with Crippen LogP contribution in [0.25, 0.3) is 11.5 Å². The molecule has 1 aromatic heterocycles. The van der Waals surface area contributed by atoms with Gasteiger partial charge in [0.25, 0.3) is 5.89 Å². The van der Waals surface area contributed by atoms with Gasteiger partial charge in [-0.1, -0.05) is 5.16 Å². The summed E-state index contributed by atoms with van der Waals surface area (Å²) in [6.07, 6.45) is -3.91. The van der Waals surface area contributed by atoms with Gasteiger partial charge in [-0.15, -0.1) is 0 Å². The van der Waals surface area contributed by atoms with Gasteiger partial charge in [-0.05, 0) is 31.2 Å². The van der Waals surface area contributed by atoms with Crippen molar-refractivity contribution in [2.75, 3.05) is 0 Å². The molecule has 0 bridgehead atoms. The van der Waals surface area contributed by atoms with Gasteiger partial charge >= 0.3 is 6.18 Å². The average Bonchev–Trinajstić information content (AvgIpc) is 2.75. The summed E-state index contributed by atoms with van der Waals surface area (Å²) in [7, 11) is 0. The predicted octanol–water partition coefficient (Wildman–Crippen LogP) is 2.65. The highest BCUT2D eigenvalue weighted by Gasteiger charge is 2.30. The first kappa shape index (κ1) is 13.5. The van der Waals surface area contributed by atoms with E-state index in [1.165, 1.54) is 12.1 Å². The summed E-state index contributed by atoms with van der Waals surface area (Å²) in [4.78, 5) is 4.07. The lowest BCUT2D eigenvalue weighted by Crippen LogP contribution is -2.18. The summed E-state index contributed by atoms with van der Waals surface area (Å²) in [6, 6.07) is 4.44. The van der Waals surface area contributed by atoms with Crippen LogP contribution in [0.3, 0.4) is 0 Å². The quantitative estimate of drug-likeness (QED) is 0.932. The van der Waals surface area contributed by atoms with E-state index < -0.39 is 11.7 Å². The number of alkyl halides is 3. The van der Waals surface area contributed by atoms with E-state index in [0.29, 0.717) is 17.8 Å². The highest BCUT2D eigenvalue weighted by atomic mass is 19.4. The minimum Gasteiger partial charge on any atom is -0.334 e. The zero-order chi connectivity index (χ0) is 14.0. The Kier molecular flexibility index (Phi) is 3.57. The van der Waals surface area contributed by atoms with Gasteiger partial charge in [0.1, 0.15) is 0 Å². The Labute approximate surface area is 107 Å². The van der Waals surface area contributed by atoms with Gasteiger partial charge in [-0.3, -0.25) is 0 Å². The molecule has 0 aliphatic carbocycles. The Hall–Kier alpha value is -1.89. The maximum atomic E-state index is 12.4. The van der Waals surface area contributed by atoms with E-state index in [4.69, 9.17) is 10.3 Å². The summed E-state index contributed by atoms with van der Waals surface area (Å²) >= 11 is 0. The number of benzene rings is 1. The third-order valence-corrected chi connectivity index (χ3v) is 2.43. The van der Waals surface area contributed by atoms with Gasteiger partial charge in [0, 0.05) is 18.0 Å². The van der Waals surface area contributed by atoms with Gasteiger partial charge < -0.3 is 10.3 Å². The highest BCUT2D eigenvalue weighted by molar-refractivity contribution is 5.53. The molecule has 0 spiro atoms. The summed E-state index contributed by atoms with van der Waals surface area (Å²) in [6.45, 7) is 1.80. The van der Waals surface area contributed by atoms with E-state index in [-0.39, 0.29) is 11.9 Å². The van der Waals surface area contributed by atoms with Crippen molar-refractivity contribution in [3.8, 4) is 11.5 Å². The molecule has 19 heavy (non-hydrogen) atoms. The van der Waals surface area contributed by atoms with Crippen LogP contribution in [0.5, 0.6) is 0 Å². The van der Waals surface area contributed by atoms with Crippen LogP contribution in [-0.4, -0.2) is 16.2 Å². The molecule has 0 radical (unpaired) electrons. The molecular weight excluding hydrogens is 259 g/mol. The number of nitrogens with two attached hydrogens (primary N) is 1. The maximum Gasteiger partial charge on any atom is 0.416 e. The smallest absolute Gasteiger partial charge is 0.334 e. The summed E-state index contributed by atoms with van der Waals surface area (Å²) in [5.74, 6) is 0.620. The van der Waals surface area contributed by atoms with Crippen molar-refractivity contribution in [2.45, 2.75) is 25.6 Å².